The summed E-state index contributed by atoms with van der Waals surface area (Å²) in [6.45, 7) is 2.92. The van der Waals surface area contributed by atoms with Crippen LogP contribution in [-0.2, 0) is 6.54 Å². The van der Waals surface area contributed by atoms with Gasteiger partial charge in [-0.15, -0.1) is 0 Å². The van der Waals surface area contributed by atoms with Crippen LogP contribution in [-0.4, -0.2) is 29.0 Å². The first-order valence-corrected chi connectivity index (χ1v) is 8.37. The number of rotatable bonds is 3. The monoisotopic (exact) mass is 315 g/mol. The lowest BCUT2D eigenvalue weighted by molar-refractivity contribution is 0.259. The molecule has 2 heterocycles. The van der Waals surface area contributed by atoms with Gasteiger partial charge in [0, 0.05) is 31.2 Å². The summed E-state index contributed by atoms with van der Waals surface area (Å²) in [5, 5.41) is 0. The van der Waals surface area contributed by atoms with Gasteiger partial charge in [0.25, 0.3) is 0 Å². The summed E-state index contributed by atoms with van der Waals surface area (Å²) in [5.41, 5.74) is 7.85. The van der Waals surface area contributed by atoms with Crippen molar-refractivity contribution in [2.75, 3.05) is 13.1 Å². The van der Waals surface area contributed by atoms with Crippen molar-refractivity contribution >= 4 is 0 Å². The van der Waals surface area contributed by atoms with Crippen LogP contribution in [0.1, 0.15) is 25.0 Å². The van der Waals surface area contributed by atoms with Gasteiger partial charge in [-0.3, -0.25) is 4.90 Å². The molecule has 122 valence electrons. The number of nitrogens with zero attached hydrogens (tertiary/aromatic N) is 2. The number of oxazole rings is 1. The maximum atomic E-state index is 13.3. The van der Waals surface area contributed by atoms with Crippen molar-refractivity contribution in [3.05, 3.63) is 42.0 Å². The molecule has 0 bridgehead atoms. The first-order chi connectivity index (χ1) is 11.2. The van der Waals surface area contributed by atoms with Crippen molar-refractivity contribution in [3.63, 3.8) is 0 Å². The molecule has 0 amide bonds. The third-order valence-corrected chi connectivity index (χ3v) is 5.24. The predicted octanol–water partition coefficient (Wildman–Crippen LogP) is 3.04. The molecule has 3 atom stereocenters. The predicted molar refractivity (Wildman–Crippen MR) is 86.0 cm³/mol. The Labute approximate surface area is 135 Å². The Bertz CT molecular complexity index is 686. The lowest BCUT2D eigenvalue weighted by Gasteiger charge is -2.29. The molecular weight excluding hydrogens is 293 g/mol. The van der Waals surface area contributed by atoms with E-state index in [0.29, 0.717) is 23.4 Å². The van der Waals surface area contributed by atoms with E-state index in [-0.39, 0.29) is 5.82 Å². The second-order valence-corrected chi connectivity index (χ2v) is 6.87. The minimum absolute atomic E-state index is 0.278. The molecule has 2 aliphatic rings. The van der Waals surface area contributed by atoms with E-state index in [2.05, 4.69) is 9.88 Å². The Balaban J connectivity index is 1.44. The molecular formula is C18H22FN3O. The Hall–Kier alpha value is -1.72. The molecule has 5 heteroatoms. The third kappa shape index (κ3) is 3.03. The largest absolute Gasteiger partial charge is 0.444 e. The summed E-state index contributed by atoms with van der Waals surface area (Å²) >= 11 is 0. The highest BCUT2D eigenvalue weighted by molar-refractivity contribution is 5.52. The molecule has 1 aromatic carbocycles. The van der Waals surface area contributed by atoms with Crippen molar-refractivity contribution in [3.8, 4) is 11.5 Å². The van der Waals surface area contributed by atoms with Crippen molar-refractivity contribution < 1.29 is 8.81 Å². The summed E-state index contributed by atoms with van der Waals surface area (Å²) in [5.74, 6) is 1.55. The van der Waals surface area contributed by atoms with E-state index in [9.17, 15) is 4.39 Å². The van der Waals surface area contributed by atoms with Crippen LogP contribution in [0.3, 0.4) is 0 Å². The number of aromatic nitrogens is 1. The van der Waals surface area contributed by atoms with E-state index in [1.807, 2.05) is 6.07 Å². The standard InChI is InChI=1S/C18H22FN3O/c19-14-5-1-3-12(7-14)18-21-15(11-23-18)9-22-8-13-4-2-6-17(20)16(13)10-22/h1,3,5,7,11,13,16-17H,2,4,6,8-10,20H2. The first-order valence-electron chi connectivity index (χ1n) is 8.37. The average molecular weight is 315 g/mol. The quantitative estimate of drug-likeness (QED) is 0.946. The molecule has 1 saturated carbocycles. The molecule has 1 aliphatic heterocycles. The smallest absolute Gasteiger partial charge is 0.226 e. The van der Waals surface area contributed by atoms with Gasteiger partial charge in [0.1, 0.15) is 12.1 Å². The Morgan fingerprint density at radius 3 is 3.04 bits per heavy atom. The molecule has 4 nitrogen and oxygen atoms in total. The molecule has 1 aromatic heterocycles. The second kappa shape index (κ2) is 6.06. The van der Waals surface area contributed by atoms with Crippen molar-refractivity contribution in [2.24, 2.45) is 17.6 Å². The molecule has 2 aromatic rings. The third-order valence-electron chi connectivity index (χ3n) is 5.24. The summed E-state index contributed by atoms with van der Waals surface area (Å²) in [6, 6.07) is 6.68. The maximum Gasteiger partial charge on any atom is 0.226 e. The topological polar surface area (TPSA) is 55.3 Å². The SMILES string of the molecule is NC1CCCC2CN(Cc3coc(-c4cccc(F)c4)n3)CC12. The number of hydrogen-bond donors (Lipinski definition) is 1. The van der Waals surface area contributed by atoms with E-state index in [0.717, 1.165) is 37.7 Å². The Morgan fingerprint density at radius 2 is 2.22 bits per heavy atom. The van der Waals surface area contributed by atoms with Crippen LogP contribution in [0.15, 0.2) is 34.9 Å². The molecule has 2 N–H and O–H groups in total. The zero-order valence-corrected chi connectivity index (χ0v) is 13.1. The fourth-order valence-corrected chi connectivity index (χ4v) is 4.10. The molecule has 0 spiro atoms. The van der Waals surface area contributed by atoms with E-state index in [4.69, 9.17) is 10.2 Å². The molecule has 1 saturated heterocycles. The second-order valence-electron chi connectivity index (χ2n) is 6.87. The Morgan fingerprint density at radius 1 is 1.30 bits per heavy atom. The number of hydrogen-bond acceptors (Lipinski definition) is 4. The normalized spacial score (nSPS) is 28.0. The van der Waals surface area contributed by atoms with Gasteiger partial charge in [-0.2, -0.15) is 0 Å². The van der Waals surface area contributed by atoms with E-state index < -0.39 is 0 Å². The summed E-state index contributed by atoms with van der Waals surface area (Å²) < 4.78 is 18.8. The fourth-order valence-electron chi connectivity index (χ4n) is 4.10. The van der Waals surface area contributed by atoms with Gasteiger partial charge in [-0.1, -0.05) is 12.5 Å². The van der Waals surface area contributed by atoms with Crippen LogP contribution >= 0.6 is 0 Å². The molecule has 0 radical (unpaired) electrons. The minimum atomic E-state index is -0.278. The summed E-state index contributed by atoms with van der Waals surface area (Å²) in [7, 11) is 0. The van der Waals surface area contributed by atoms with Crippen LogP contribution in [0.5, 0.6) is 0 Å². The summed E-state index contributed by atoms with van der Waals surface area (Å²) in [4.78, 5) is 6.94. The van der Waals surface area contributed by atoms with E-state index in [1.165, 1.54) is 25.0 Å². The molecule has 2 fully saturated rings. The molecule has 1 aliphatic carbocycles. The van der Waals surface area contributed by atoms with Gasteiger partial charge < -0.3 is 10.2 Å². The molecule has 4 rings (SSSR count). The number of halogens is 1. The number of likely N-dealkylation sites (tertiary alicyclic amines) is 1. The molecule has 23 heavy (non-hydrogen) atoms. The van der Waals surface area contributed by atoms with Gasteiger partial charge in [-0.05, 0) is 42.9 Å². The summed E-state index contributed by atoms with van der Waals surface area (Å²) in [6.07, 6.45) is 5.39. The molecule has 3 unspecified atom stereocenters. The van der Waals surface area contributed by atoms with Gasteiger partial charge in [0.2, 0.25) is 5.89 Å². The Kier molecular flexibility index (Phi) is 3.91. The van der Waals surface area contributed by atoms with Crippen LogP contribution in [0.4, 0.5) is 4.39 Å². The van der Waals surface area contributed by atoms with E-state index in [1.54, 1.807) is 12.3 Å². The van der Waals surface area contributed by atoms with Crippen molar-refractivity contribution in [2.45, 2.75) is 31.8 Å². The highest BCUT2D eigenvalue weighted by Crippen LogP contribution is 2.36. The van der Waals surface area contributed by atoms with Crippen LogP contribution < -0.4 is 5.73 Å². The van der Waals surface area contributed by atoms with Crippen LogP contribution in [0.25, 0.3) is 11.5 Å². The van der Waals surface area contributed by atoms with Crippen molar-refractivity contribution in [1.82, 2.24) is 9.88 Å². The number of fused-ring (bicyclic) bond motifs is 1. The van der Waals surface area contributed by atoms with Crippen molar-refractivity contribution in [1.29, 1.82) is 0 Å². The van der Waals surface area contributed by atoms with Gasteiger partial charge in [0.05, 0.1) is 5.69 Å². The fraction of sp³-hybridized carbons (Fsp3) is 0.500. The first kappa shape index (κ1) is 14.8. The highest BCUT2D eigenvalue weighted by atomic mass is 19.1. The zero-order chi connectivity index (χ0) is 15.8. The van der Waals surface area contributed by atoms with E-state index >= 15 is 0 Å². The van der Waals surface area contributed by atoms with Gasteiger partial charge in [0.15, 0.2) is 0 Å². The van der Waals surface area contributed by atoms with Crippen LogP contribution in [0, 0.1) is 17.7 Å². The minimum Gasteiger partial charge on any atom is -0.444 e. The number of nitrogens with two attached hydrogens (primary N) is 1. The average Bonchev–Trinajstić information content (AvgIpc) is 3.15. The lowest BCUT2D eigenvalue weighted by atomic mass is 9.78. The van der Waals surface area contributed by atoms with Crippen LogP contribution in [0.2, 0.25) is 0 Å². The zero-order valence-electron chi connectivity index (χ0n) is 13.1. The van der Waals surface area contributed by atoms with Gasteiger partial charge in [-0.25, -0.2) is 9.37 Å². The lowest BCUT2D eigenvalue weighted by Crippen LogP contribution is -2.38. The number of benzene rings is 1. The highest BCUT2D eigenvalue weighted by Gasteiger charge is 2.38. The van der Waals surface area contributed by atoms with Gasteiger partial charge >= 0.3 is 0 Å². The maximum absolute atomic E-state index is 13.3.